The molecular formula is C19H30N2OS. The average molecular weight is 335 g/mol. The van der Waals surface area contributed by atoms with E-state index in [1.54, 1.807) is 11.3 Å². The lowest BCUT2D eigenvalue weighted by atomic mass is 9.83. The molecule has 0 atom stereocenters. The molecule has 4 heteroatoms. The summed E-state index contributed by atoms with van der Waals surface area (Å²) in [6.07, 6.45) is 9.19. The topological polar surface area (TPSA) is 33.2 Å². The van der Waals surface area contributed by atoms with E-state index in [4.69, 9.17) is 0 Å². The maximum absolute atomic E-state index is 12.9. The lowest BCUT2D eigenvalue weighted by Gasteiger charge is -2.37. The molecule has 0 aromatic carbocycles. The normalized spacial score (nSPS) is 24.9. The van der Waals surface area contributed by atoms with E-state index in [0.717, 1.165) is 16.6 Å². The van der Waals surface area contributed by atoms with Crippen LogP contribution in [0.1, 0.15) is 82.3 Å². The van der Waals surface area contributed by atoms with Gasteiger partial charge in [-0.2, -0.15) is 0 Å². The number of thiazole rings is 1. The highest BCUT2D eigenvalue weighted by molar-refractivity contribution is 7.09. The second kappa shape index (κ2) is 7.33. The molecular weight excluding hydrogens is 304 g/mol. The Morgan fingerprint density at radius 1 is 1.22 bits per heavy atom. The molecule has 3 nitrogen and oxygen atoms in total. The Kier molecular flexibility index (Phi) is 5.40. The first-order valence-electron chi connectivity index (χ1n) is 9.34. The highest BCUT2D eigenvalue weighted by atomic mass is 32.1. The van der Waals surface area contributed by atoms with Gasteiger partial charge in [0.2, 0.25) is 5.91 Å². The Labute approximate surface area is 144 Å². The summed E-state index contributed by atoms with van der Waals surface area (Å²) in [5, 5.41) is 3.22. The third-order valence-electron chi connectivity index (χ3n) is 5.41. The van der Waals surface area contributed by atoms with Crippen LogP contribution >= 0.6 is 11.3 Å². The third kappa shape index (κ3) is 4.14. The monoisotopic (exact) mass is 334 g/mol. The fraction of sp³-hybridized carbons (Fsp3) is 0.789. The van der Waals surface area contributed by atoms with Gasteiger partial charge in [0.1, 0.15) is 0 Å². The molecule has 3 rings (SSSR count). The first kappa shape index (κ1) is 16.9. The van der Waals surface area contributed by atoms with E-state index in [1.807, 2.05) is 0 Å². The van der Waals surface area contributed by atoms with Gasteiger partial charge in [-0.25, -0.2) is 4.98 Å². The third-order valence-corrected chi connectivity index (χ3v) is 6.61. The predicted molar refractivity (Wildman–Crippen MR) is 95.8 cm³/mol. The number of rotatable bonds is 6. The Morgan fingerprint density at radius 3 is 2.30 bits per heavy atom. The maximum atomic E-state index is 12.9. The average Bonchev–Trinajstić information content (AvgIpc) is 3.25. The number of hydrogen-bond donors (Lipinski definition) is 0. The molecule has 23 heavy (non-hydrogen) atoms. The lowest BCUT2D eigenvalue weighted by Crippen LogP contribution is -2.44. The highest BCUT2D eigenvalue weighted by Gasteiger charge is 2.38. The van der Waals surface area contributed by atoms with Crippen LogP contribution in [0.2, 0.25) is 0 Å². The molecule has 128 valence electrons. The number of nitrogens with zero attached hydrogens (tertiary/aromatic N) is 2. The quantitative estimate of drug-likeness (QED) is 0.751. The van der Waals surface area contributed by atoms with Crippen LogP contribution in [0.3, 0.4) is 0 Å². The molecule has 0 saturated heterocycles. The molecule has 1 aromatic rings. The largest absolute Gasteiger partial charge is 0.336 e. The molecule has 1 amide bonds. The zero-order valence-corrected chi connectivity index (χ0v) is 15.6. The second-order valence-electron chi connectivity index (χ2n) is 7.62. The van der Waals surface area contributed by atoms with Gasteiger partial charge < -0.3 is 4.90 Å². The van der Waals surface area contributed by atoms with Gasteiger partial charge in [0.05, 0.1) is 17.1 Å². The zero-order valence-electron chi connectivity index (χ0n) is 14.8. The zero-order chi connectivity index (χ0) is 16.4. The molecule has 0 N–H and O–H groups in total. The second-order valence-corrected chi connectivity index (χ2v) is 8.51. The van der Waals surface area contributed by atoms with Crippen molar-refractivity contribution in [3.05, 3.63) is 16.1 Å². The van der Waals surface area contributed by atoms with Crippen LogP contribution in [-0.2, 0) is 11.2 Å². The standard InChI is InChI=1S/C19H30N2OS/c1-4-14-5-7-16(8-6-14)21(17-9-10-17)18(22)11-15-12-23-19(20-15)13(2)3/h12-14,16-17H,4-11H2,1-3H3. The Morgan fingerprint density at radius 2 is 1.83 bits per heavy atom. The van der Waals surface area contributed by atoms with Crippen molar-refractivity contribution >= 4 is 17.2 Å². The van der Waals surface area contributed by atoms with Crippen molar-refractivity contribution in [2.24, 2.45) is 5.92 Å². The smallest absolute Gasteiger partial charge is 0.229 e. The van der Waals surface area contributed by atoms with E-state index in [2.05, 4.69) is 36.0 Å². The van der Waals surface area contributed by atoms with Crippen LogP contribution in [-0.4, -0.2) is 27.9 Å². The first-order valence-corrected chi connectivity index (χ1v) is 10.2. The number of carbonyl (C=O) groups is 1. The van der Waals surface area contributed by atoms with Gasteiger partial charge in [-0.15, -0.1) is 11.3 Å². The Hall–Kier alpha value is -0.900. The molecule has 0 bridgehead atoms. The van der Waals surface area contributed by atoms with E-state index in [0.29, 0.717) is 30.3 Å². The summed E-state index contributed by atoms with van der Waals surface area (Å²) in [4.78, 5) is 19.8. The van der Waals surface area contributed by atoms with Crippen LogP contribution in [0.25, 0.3) is 0 Å². The van der Waals surface area contributed by atoms with E-state index in [9.17, 15) is 4.79 Å². The van der Waals surface area contributed by atoms with Gasteiger partial charge in [0.15, 0.2) is 0 Å². The minimum atomic E-state index is 0.313. The summed E-state index contributed by atoms with van der Waals surface area (Å²) >= 11 is 1.69. The molecule has 0 aliphatic heterocycles. The van der Waals surface area contributed by atoms with E-state index >= 15 is 0 Å². The lowest BCUT2D eigenvalue weighted by molar-refractivity contribution is -0.134. The van der Waals surface area contributed by atoms with Crippen LogP contribution < -0.4 is 0 Å². The first-order chi connectivity index (χ1) is 11.1. The van der Waals surface area contributed by atoms with Crippen LogP contribution in [0.15, 0.2) is 5.38 Å². The molecule has 2 aliphatic carbocycles. The molecule has 0 spiro atoms. The van der Waals surface area contributed by atoms with Crippen LogP contribution in [0.5, 0.6) is 0 Å². The van der Waals surface area contributed by atoms with Gasteiger partial charge in [-0.3, -0.25) is 4.79 Å². The molecule has 2 saturated carbocycles. The molecule has 0 radical (unpaired) electrons. The minimum Gasteiger partial charge on any atom is -0.336 e. The van der Waals surface area contributed by atoms with Crippen molar-refractivity contribution in [3.63, 3.8) is 0 Å². The number of amides is 1. The molecule has 2 aliphatic rings. The number of aromatic nitrogens is 1. The van der Waals surface area contributed by atoms with Crippen molar-refractivity contribution in [2.75, 3.05) is 0 Å². The van der Waals surface area contributed by atoms with Gasteiger partial charge in [0.25, 0.3) is 0 Å². The Balaban J connectivity index is 1.62. The number of carbonyl (C=O) groups excluding carboxylic acids is 1. The maximum Gasteiger partial charge on any atom is 0.229 e. The van der Waals surface area contributed by atoms with Crippen molar-refractivity contribution in [3.8, 4) is 0 Å². The van der Waals surface area contributed by atoms with Crippen molar-refractivity contribution in [1.82, 2.24) is 9.88 Å². The summed E-state index contributed by atoms with van der Waals surface area (Å²) in [6, 6.07) is 1.01. The highest BCUT2D eigenvalue weighted by Crippen LogP contribution is 2.36. The van der Waals surface area contributed by atoms with Crippen LogP contribution in [0, 0.1) is 5.92 Å². The summed E-state index contributed by atoms with van der Waals surface area (Å²) in [5.41, 5.74) is 0.969. The van der Waals surface area contributed by atoms with Gasteiger partial charge in [0, 0.05) is 23.4 Å². The summed E-state index contributed by atoms with van der Waals surface area (Å²) in [6.45, 7) is 6.61. The van der Waals surface area contributed by atoms with E-state index in [1.165, 1.54) is 44.9 Å². The van der Waals surface area contributed by atoms with Crippen molar-refractivity contribution in [1.29, 1.82) is 0 Å². The molecule has 2 fully saturated rings. The fourth-order valence-corrected chi connectivity index (χ4v) is 4.64. The van der Waals surface area contributed by atoms with E-state index < -0.39 is 0 Å². The molecule has 1 heterocycles. The Bertz CT molecular complexity index is 527. The van der Waals surface area contributed by atoms with E-state index in [-0.39, 0.29) is 0 Å². The van der Waals surface area contributed by atoms with Gasteiger partial charge in [-0.1, -0.05) is 27.2 Å². The summed E-state index contributed by atoms with van der Waals surface area (Å²) in [5.74, 6) is 1.65. The van der Waals surface area contributed by atoms with Gasteiger partial charge >= 0.3 is 0 Å². The fourth-order valence-electron chi connectivity index (χ4n) is 3.80. The minimum absolute atomic E-state index is 0.313. The molecule has 0 unspecified atom stereocenters. The van der Waals surface area contributed by atoms with Gasteiger partial charge in [-0.05, 0) is 44.4 Å². The summed E-state index contributed by atoms with van der Waals surface area (Å²) < 4.78 is 0. The number of hydrogen-bond acceptors (Lipinski definition) is 3. The van der Waals surface area contributed by atoms with Crippen LogP contribution in [0.4, 0.5) is 0 Å². The van der Waals surface area contributed by atoms with Crippen molar-refractivity contribution in [2.45, 2.75) is 90.1 Å². The predicted octanol–water partition coefficient (Wildman–Crippen LogP) is 4.77. The molecule has 1 aromatic heterocycles. The van der Waals surface area contributed by atoms with Crippen molar-refractivity contribution < 1.29 is 4.79 Å². The summed E-state index contributed by atoms with van der Waals surface area (Å²) in [7, 11) is 0. The SMILES string of the molecule is CCC1CCC(N(C(=O)Cc2csc(C(C)C)n2)C2CC2)CC1.